The molecule has 3 aromatic rings. The molecule has 236 valence electrons. The number of aromatic nitrogens is 3. The summed E-state index contributed by atoms with van der Waals surface area (Å²) in [5.74, 6) is -1.26. The molecule has 1 spiro atoms. The van der Waals surface area contributed by atoms with E-state index in [4.69, 9.17) is 31.5 Å². The Bertz CT molecular complexity index is 1670. The van der Waals surface area contributed by atoms with Gasteiger partial charge < -0.3 is 24.8 Å². The summed E-state index contributed by atoms with van der Waals surface area (Å²) in [7, 11) is 1.77. The zero-order valence-electron chi connectivity index (χ0n) is 24.0. The van der Waals surface area contributed by atoms with Crippen LogP contribution in [0.15, 0.2) is 6.07 Å². The van der Waals surface area contributed by atoms with Crippen LogP contribution in [0.3, 0.4) is 0 Å². The summed E-state index contributed by atoms with van der Waals surface area (Å²) in [5.41, 5.74) is 1.58. The number of ether oxygens (including phenoxy) is 3. The van der Waals surface area contributed by atoms with Gasteiger partial charge in [0.25, 0.3) is 0 Å². The second-order valence-corrected chi connectivity index (χ2v) is 12.6. The molecule has 0 unspecified atom stereocenters. The third kappa shape index (κ3) is 4.43. The Morgan fingerprint density at radius 2 is 1.98 bits per heavy atom. The van der Waals surface area contributed by atoms with Crippen molar-refractivity contribution in [1.29, 1.82) is 0 Å². The third-order valence-electron chi connectivity index (χ3n) is 9.51. The normalized spacial score (nSPS) is 24.6. The number of halogens is 6. The minimum Gasteiger partial charge on any atom is -0.491 e. The first-order valence-electron chi connectivity index (χ1n) is 14.4. The lowest BCUT2D eigenvalue weighted by Gasteiger charge is -2.49. The molecule has 9 nitrogen and oxygen atoms in total. The van der Waals surface area contributed by atoms with Crippen LogP contribution in [0.1, 0.15) is 36.8 Å². The van der Waals surface area contributed by atoms with Crippen LogP contribution < -0.4 is 20.1 Å². The lowest BCUT2D eigenvalue weighted by molar-refractivity contribution is -0.137. The number of hydrogen-bond acceptors (Lipinski definition) is 9. The van der Waals surface area contributed by atoms with Gasteiger partial charge in [-0.05, 0) is 37.9 Å². The van der Waals surface area contributed by atoms with Crippen LogP contribution in [-0.4, -0.2) is 83.7 Å². The number of benzene rings is 1. The number of anilines is 2. The predicted octanol–water partition coefficient (Wildman–Crippen LogP) is 5.34. The van der Waals surface area contributed by atoms with Gasteiger partial charge >= 0.3 is 12.2 Å². The van der Waals surface area contributed by atoms with Crippen LogP contribution in [-0.2, 0) is 10.9 Å². The van der Waals surface area contributed by atoms with E-state index < -0.39 is 51.1 Å². The maximum Gasteiger partial charge on any atom is 0.418 e. The summed E-state index contributed by atoms with van der Waals surface area (Å²) in [6.07, 6.45) is -3.53. The molecule has 0 aliphatic carbocycles. The summed E-state index contributed by atoms with van der Waals surface area (Å²) >= 11 is 6.73. The Hall–Kier alpha value is -3.23. The highest BCUT2D eigenvalue weighted by Gasteiger charge is 2.50. The van der Waals surface area contributed by atoms with Crippen molar-refractivity contribution in [2.24, 2.45) is 0 Å². The van der Waals surface area contributed by atoms with Crippen molar-refractivity contribution in [2.45, 2.75) is 56.0 Å². The van der Waals surface area contributed by atoms with Crippen LogP contribution in [0.25, 0.3) is 22.2 Å². The molecule has 6 heterocycles. The largest absolute Gasteiger partial charge is 0.491 e. The maximum atomic E-state index is 16.8. The average Bonchev–Trinajstić information content (AvgIpc) is 3.43. The number of aryl methyl sites for hydroxylation is 1. The first kappa shape index (κ1) is 29.5. The van der Waals surface area contributed by atoms with E-state index in [2.05, 4.69) is 19.9 Å². The van der Waals surface area contributed by atoms with Gasteiger partial charge in [0.2, 0.25) is 0 Å². The molecule has 0 amide bonds. The second-order valence-electron chi connectivity index (χ2n) is 12.2. The molecule has 0 saturated carbocycles. The van der Waals surface area contributed by atoms with Crippen molar-refractivity contribution < 1.29 is 36.2 Å². The molecule has 3 fully saturated rings. The van der Waals surface area contributed by atoms with Gasteiger partial charge in [-0.25, -0.2) is 13.8 Å². The number of pyridine rings is 1. The average molecular weight is 641 g/mol. The standard InChI is InChI=1S/C29H30ClF5N6O3/c1-14-8-16(36)37-22(19(14)29(33,34)35)17-20(30)24-18-23(21(17)32)38-26(44-13-27-4-3-6-41(27)10-15(31)9-27)39-25(18)40(2)28(5-7-43-24)11-42-12-28/h8,15H,3-7,9-13H2,1-2H3,(H2,36,37)/t15-,27+/m1/s1. The summed E-state index contributed by atoms with van der Waals surface area (Å²) in [6.45, 7) is 3.16. The highest BCUT2D eigenvalue weighted by Crippen LogP contribution is 2.51. The number of likely N-dealkylation sites (N-methyl/N-ethyl adjacent to an activating group) is 1. The fourth-order valence-corrected chi connectivity index (χ4v) is 7.50. The number of nitrogens with two attached hydrogens (primary N) is 1. The molecule has 2 N–H and O–H groups in total. The summed E-state index contributed by atoms with van der Waals surface area (Å²) in [5, 5.41) is -0.331. The van der Waals surface area contributed by atoms with E-state index in [9.17, 15) is 17.6 Å². The quantitative estimate of drug-likeness (QED) is 0.379. The van der Waals surface area contributed by atoms with Crippen LogP contribution in [0, 0.1) is 12.7 Å². The Kier molecular flexibility index (Phi) is 6.80. The van der Waals surface area contributed by atoms with Gasteiger partial charge in [-0.2, -0.15) is 23.1 Å². The molecule has 2 atom stereocenters. The monoisotopic (exact) mass is 640 g/mol. The smallest absolute Gasteiger partial charge is 0.418 e. The van der Waals surface area contributed by atoms with Crippen LogP contribution in [0.2, 0.25) is 5.02 Å². The van der Waals surface area contributed by atoms with E-state index in [1.807, 2.05) is 4.90 Å². The number of fused-ring (bicyclic) bond motifs is 1. The number of alkyl halides is 4. The first-order valence-corrected chi connectivity index (χ1v) is 14.8. The predicted molar refractivity (Wildman–Crippen MR) is 152 cm³/mol. The zero-order chi connectivity index (χ0) is 31.2. The minimum atomic E-state index is -4.90. The van der Waals surface area contributed by atoms with Crippen molar-refractivity contribution in [1.82, 2.24) is 19.9 Å². The summed E-state index contributed by atoms with van der Waals surface area (Å²) in [6, 6.07) is 0.859. The SMILES string of the molecule is Cc1cc(N)nc(-c2c(Cl)c3c4c(nc(OC[C@@]56CCCN5C[C@H](F)C6)nc4c2F)N(C)C2(CCO3)COC2)c1C(F)(F)F. The van der Waals surface area contributed by atoms with Crippen LogP contribution in [0.4, 0.5) is 33.6 Å². The van der Waals surface area contributed by atoms with Crippen molar-refractivity contribution in [3.05, 3.63) is 28.0 Å². The molecule has 15 heteroatoms. The van der Waals surface area contributed by atoms with Crippen molar-refractivity contribution in [3.63, 3.8) is 0 Å². The van der Waals surface area contributed by atoms with Gasteiger partial charge in [0.1, 0.15) is 29.9 Å². The van der Waals surface area contributed by atoms with E-state index >= 15 is 4.39 Å². The van der Waals surface area contributed by atoms with E-state index in [1.165, 1.54) is 6.92 Å². The summed E-state index contributed by atoms with van der Waals surface area (Å²) < 4.78 is 91.9. The molecule has 44 heavy (non-hydrogen) atoms. The molecule has 0 radical (unpaired) electrons. The molecule has 2 aromatic heterocycles. The topological polar surface area (TPSA) is 98.9 Å². The molecular formula is C29H30ClF5N6O3. The van der Waals surface area contributed by atoms with Gasteiger partial charge in [0, 0.05) is 26.4 Å². The van der Waals surface area contributed by atoms with Gasteiger partial charge in [-0.1, -0.05) is 11.6 Å². The lowest BCUT2D eigenvalue weighted by atomic mass is 9.90. The van der Waals surface area contributed by atoms with Crippen LogP contribution in [0.5, 0.6) is 11.8 Å². The molecule has 7 rings (SSSR count). The van der Waals surface area contributed by atoms with Crippen LogP contribution >= 0.6 is 11.6 Å². The zero-order valence-corrected chi connectivity index (χ0v) is 24.8. The number of rotatable bonds is 4. The molecule has 0 bridgehead atoms. The first-order chi connectivity index (χ1) is 20.8. The van der Waals surface area contributed by atoms with Gasteiger partial charge in [-0.15, -0.1) is 0 Å². The number of nitrogens with zero attached hydrogens (tertiary/aromatic N) is 5. The van der Waals surface area contributed by atoms with E-state index in [0.717, 1.165) is 25.5 Å². The Balaban J connectivity index is 1.45. The lowest BCUT2D eigenvalue weighted by Crippen LogP contribution is -2.62. The molecule has 1 aromatic carbocycles. The fraction of sp³-hybridized carbons (Fsp3) is 0.552. The van der Waals surface area contributed by atoms with E-state index in [1.54, 1.807) is 7.05 Å². The number of hydrogen-bond donors (Lipinski definition) is 1. The van der Waals surface area contributed by atoms with E-state index in [0.29, 0.717) is 32.6 Å². The molecule has 3 saturated heterocycles. The third-order valence-corrected chi connectivity index (χ3v) is 9.88. The van der Waals surface area contributed by atoms with Crippen molar-refractivity contribution in [3.8, 4) is 23.0 Å². The molecule has 4 aliphatic rings. The van der Waals surface area contributed by atoms with Crippen molar-refractivity contribution in [2.75, 3.05) is 57.2 Å². The maximum absolute atomic E-state index is 16.8. The van der Waals surface area contributed by atoms with Gasteiger partial charge in [0.15, 0.2) is 11.6 Å². The number of nitrogen functional groups attached to an aromatic ring is 1. The Labute approximate surface area is 254 Å². The van der Waals surface area contributed by atoms with Crippen molar-refractivity contribution >= 4 is 34.1 Å². The minimum absolute atomic E-state index is 0.0654. The molecule has 4 aliphatic heterocycles. The second kappa shape index (κ2) is 10.1. The van der Waals surface area contributed by atoms with Gasteiger partial charge in [-0.3, -0.25) is 4.90 Å². The Morgan fingerprint density at radius 1 is 1.20 bits per heavy atom. The van der Waals surface area contributed by atoms with Gasteiger partial charge in [0.05, 0.1) is 58.1 Å². The highest BCUT2D eigenvalue weighted by atomic mass is 35.5. The summed E-state index contributed by atoms with van der Waals surface area (Å²) in [4.78, 5) is 16.8. The molecular weight excluding hydrogens is 611 g/mol. The Morgan fingerprint density at radius 3 is 2.68 bits per heavy atom. The van der Waals surface area contributed by atoms with E-state index in [-0.39, 0.29) is 53.1 Å². The fourth-order valence-electron chi connectivity index (χ4n) is 7.18. The highest BCUT2D eigenvalue weighted by molar-refractivity contribution is 6.36.